The van der Waals surface area contributed by atoms with Gasteiger partial charge in [-0.05, 0) is 37.4 Å². The number of carbonyl (C=O) groups is 1. The fourth-order valence-electron chi connectivity index (χ4n) is 1.33. The first-order valence-corrected chi connectivity index (χ1v) is 6.82. The van der Waals surface area contributed by atoms with Crippen LogP contribution in [0.15, 0.2) is 24.3 Å². The van der Waals surface area contributed by atoms with E-state index >= 15 is 0 Å². The van der Waals surface area contributed by atoms with Gasteiger partial charge in [0, 0.05) is 30.2 Å². The normalized spacial score (nSPS) is 11.9. The Labute approximate surface area is 107 Å². The number of hydrogen-bond donors (Lipinski definition) is 2. The van der Waals surface area contributed by atoms with Crippen LogP contribution in [0.5, 0.6) is 0 Å². The van der Waals surface area contributed by atoms with Gasteiger partial charge in [-0.15, -0.1) is 0 Å². The number of nitrogens with one attached hydrogen (secondary N) is 1. The summed E-state index contributed by atoms with van der Waals surface area (Å²) in [5.74, 6) is 0.922. The topological polar surface area (TPSA) is 58.4 Å². The second-order valence-corrected chi connectivity index (χ2v) is 4.88. The van der Waals surface area contributed by atoms with Crippen LogP contribution in [0.3, 0.4) is 0 Å². The highest BCUT2D eigenvalue weighted by Crippen LogP contribution is 2.12. The van der Waals surface area contributed by atoms with Crippen LogP contribution in [0, 0.1) is 0 Å². The van der Waals surface area contributed by atoms with Gasteiger partial charge in [-0.1, -0.05) is 0 Å². The number of rotatable bonds is 4. The summed E-state index contributed by atoms with van der Waals surface area (Å²) in [6, 6.07) is 7.22. The van der Waals surface area contributed by atoms with Gasteiger partial charge in [0.05, 0.1) is 0 Å². The van der Waals surface area contributed by atoms with Gasteiger partial charge in [0.1, 0.15) is 0 Å². The summed E-state index contributed by atoms with van der Waals surface area (Å²) in [6.45, 7) is 2.03. The molecule has 0 spiro atoms. The van der Waals surface area contributed by atoms with Gasteiger partial charge in [0.2, 0.25) is 0 Å². The zero-order valence-corrected chi connectivity index (χ0v) is 11.3. The van der Waals surface area contributed by atoms with E-state index < -0.39 is 0 Å². The molecule has 0 aliphatic rings. The monoisotopic (exact) mass is 253 g/mol. The maximum atomic E-state index is 11.9. The van der Waals surface area contributed by atoms with E-state index in [0.29, 0.717) is 5.69 Å². The smallest absolute Gasteiger partial charge is 0.321 e. The molecule has 1 aromatic carbocycles. The van der Waals surface area contributed by atoms with Crippen LogP contribution in [0.2, 0.25) is 0 Å². The molecule has 0 bridgehead atoms. The summed E-state index contributed by atoms with van der Waals surface area (Å²) in [7, 11) is 1.80. The summed E-state index contributed by atoms with van der Waals surface area (Å²) in [5, 5.41) is 2.83. The lowest BCUT2D eigenvalue weighted by molar-refractivity contribution is 0.212. The molecule has 0 aliphatic carbocycles. The molecule has 0 radical (unpaired) electrons. The van der Waals surface area contributed by atoms with Crippen molar-refractivity contribution in [1.29, 1.82) is 0 Å². The van der Waals surface area contributed by atoms with E-state index in [1.807, 2.05) is 13.2 Å². The van der Waals surface area contributed by atoms with E-state index in [9.17, 15) is 4.79 Å². The summed E-state index contributed by atoms with van der Waals surface area (Å²) in [4.78, 5) is 13.6. The molecule has 4 nitrogen and oxygen atoms in total. The van der Waals surface area contributed by atoms with Crippen molar-refractivity contribution in [3.63, 3.8) is 0 Å². The molecule has 94 valence electrons. The molecule has 0 saturated carbocycles. The lowest BCUT2D eigenvalue weighted by atomic mass is 10.3. The molecule has 3 N–H and O–H groups in total. The Bertz CT molecular complexity index is 367. The van der Waals surface area contributed by atoms with Crippen LogP contribution in [0.1, 0.15) is 6.92 Å². The number of hydrogen-bond acceptors (Lipinski definition) is 3. The molecule has 2 amide bonds. The molecule has 0 saturated heterocycles. The second-order valence-electron chi connectivity index (χ2n) is 3.97. The fourth-order valence-corrected chi connectivity index (χ4v) is 2.04. The second kappa shape index (κ2) is 6.39. The van der Waals surface area contributed by atoms with Crippen LogP contribution in [-0.4, -0.2) is 36.0 Å². The average Bonchev–Trinajstić information content (AvgIpc) is 2.31. The number of benzene rings is 1. The number of nitrogens with two attached hydrogens (primary N) is 1. The van der Waals surface area contributed by atoms with Crippen LogP contribution >= 0.6 is 11.8 Å². The lowest BCUT2D eigenvalue weighted by Gasteiger charge is -2.24. The highest BCUT2D eigenvalue weighted by Gasteiger charge is 2.14. The van der Waals surface area contributed by atoms with Crippen molar-refractivity contribution in [2.45, 2.75) is 13.0 Å². The molecule has 1 rings (SSSR count). The van der Waals surface area contributed by atoms with E-state index in [2.05, 4.69) is 5.32 Å². The van der Waals surface area contributed by atoms with Gasteiger partial charge < -0.3 is 16.0 Å². The standard InChI is InChI=1S/C12H19N3OS/c1-9(8-17-3)15(2)12(16)14-11-6-4-10(13)5-7-11/h4-7,9H,8,13H2,1-3H3,(H,14,16). The molecule has 5 heteroatoms. The zero-order valence-electron chi connectivity index (χ0n) is 10.4. The van der Waals surface area contributed by atoms with E-state index in [4.69, 9.17) is 5.73 Å². The van der Waals surface area contributed by atoms with E-state index in [-0.39, 0.29) is 12.1 Å². The molecule has 0 fully saturated rings. The highest BCUT2D eigenvalue weighted by molar-refractivity contribution is 7.98. The Kier molecular flexibility index (Phi) is 5.15. The van der Waals surface area contributed by atoms with E-state index in [1.165, 1.54) is 0 Å². The van der Waals surface area contributed by atoms with Crippen molar-refractivity contribution in [1.82, 2.24) is 4.90 Å². The lowest BCUT2D eigenvalue weighted by Crippen LogP contribution is -2.39. The minimum atomic E-state index is -0.101. The van der Waals surface area contributed by atoms with E-state index in [1.54, 1.807) is 48.0 Å². The Morgan fingerprint density at radius 3 is 2.59 bits per heavy atom. The van der Waals surface area contributed by atoms with E-state index in [0.717, 1.165) is 11.4 Å². The molecule has 0 heterocycles. The third kappa shape index (κ3) is 4.19. The van der Waals surface area contributed by atoms with Crippen molar-refractivity contribution in [2.24, 2.45) is 0 Å². The van der Waals surface area contributed by atoms with Gasteiger partial charge in [0.15, 0.2) is 0 Å². The van der Waals surface area contributed by atoms with Crippen molar-refractivity contribution in [3.8, 4) is 0 Å². The number of carbonyl (C=O) groups excluding carboxylic acids is 1. The molecule has 17 heavy (non-hydrogen) atoms. The van der Waals surface area contributed by atoms with Crippen LogP contribution in [-0.2, 0) is 0 Å². The summed E-state index contributed by atoms with van der Waals surface area (Å²) in [5.41, 5.74) is 7.02. The first-order chi connectivity index (χ1) is 8.04. The number of nitrogen functional groups attached to an aromatic ring is 1. The minimum absolute atomic E-state index is 0.101. The maximum Gasteiger partial charge on any atom is 0.321 e. The van der Waals surface area contributed by atoms with Crippen LogP contribution < -0.4 is 11.1 Å². The minimum Gasteiger partial charge on any atom is -0.399 e. The Morgan fingerprint density at radius 2 is 2.06 bits per heavy atom. The highest BCUT2D eigenvalue weighted by atomic mass is 32.2. The van der Waals surface area contributed by atoms with Crippen LogP contribution in [0.25, 0.3) is 0 Å². The number of amides is 2. The number of thioether (sulfide) groups is 1. The maximum absolute atomic E-state index is 11.9. The van der Waals surface area contributed by atoms with Gasteiger partial charge in [-0.3, -0.25) is 0 Å². The molecular weight excluding hydrogens is 234 g/mol. The van der Waals surface area contributed by atoms with Gasteiger partial charge in [0.25, 0.3) is 0 Å². The molecule has 1 aromatic rings. The van der Waals surface area contributed by atoms with Crippen molar-refractivity contribution in [2.75, 3.05) is 30.1 Å². The predicted molar refractivity (Wildman–Crippen MR) is 75.5 cm³/mol. The Hall–Kier alpha value is -1.36. The predicted octanol–water partition coefficient (Wildman–Crippen LogP) is 2.48. The van der Waals surface area contributed by atoms with Gasteiger partial charge >= 0.3 is 6.03 Å². The summed E-state index contributed by atoms with van der Waals surface area (Å²) in [6.07, 6.45) is 2.03. The quantitative estimate of drug-likeness (QED) is 0.810. The Morgan fingerprint density at radius 1 is 1.47 bits per heavy atom. The summed E-state index contributed by atoms with van der Waals surface area (Å²) >= 11 is 1.73. The first-order valence-electron chi connectivity index (χ1n) is 5.43. The summed E-state index contributed by atoms with van der Waals surface area (Å²) < 4.78 is 0. The van der Waals surface area contributed by atoms with Crippen molar-refractivity contribution < 1.29 is 4.79 Å². The third-order valence-electron chi connectivity index (χ3n) is 2.55. The fraction of sp³-hybridized carbons (Fsp3) is 0.417. The average molecular weight is 253 g/mol. The van der Waals surface area contributed by atoms with Crippen molar-refractivity contribution in [3.05, 3.63) is 24.3 Å². The van der Waals surface area contributed by atoms with Gasteiger partial charge in [-0.25, -0.2) is 4.79 Å². The Balaban J connectivity index is 2.56. The number of anilines is 2. The molecule has 0 aromatic heterocycles. The first kappa shape index (κ1) is 13.7. The zero-order chi connectivity index (χ0) is 12.8. The molecular formula is C12H19N3OS. The molecule has 1 unspecified atom stereocenters. The third-order valence-corrected chi connectivity index (χ3v) is 3.37. The molecule has 1 atom stereocenters. The van der Waals surface area contributed by atoms with Crippen molar-refractivity contribution >= 4 is 29.2 Å². The molecule has 0 aliphatic heterocycles. The number of nitrogens with zero attached hydrogens (tertiary/aromatic N) is 1. The number of urea groups is 1. The SMILES string of the molecule is CSCC(C)N(C)C(=O)Nc1ccc(N)cc1. The van der Waals surface area contributed by atoms with Crippen LogP contribution in [0.4, 0.5) is 16.2 Å². The largest absolute Gasteiger partial charge is 0.399 e. The van der Waals surface area contributed by atoms with Gasteiger partial charge in [-0.2, -0.15) is 11.8 Å².